The van der Waals surface area contributed by atoms with E-state index < -0.39 is 0 Å². The van der Waals surface area contributed by atoms with Crippen LogP contribution >= 0.6 is 0 Å². The smallest absolute Gasteiger partial charge is 0.119 e. The van der Waals surface area contributed by atoms with Gasteiger partial charge in [0.05, 0.1) is 6.10 Å². The molecule has 0 radical (unpaired) electrons. The predicted molar refractivity (Wildman–Crippen MR) is 85.3 cm³/mol. The van der Waals surface area contributed by atoms with E-state index in [-0.39, 0.29) is 6.10 Å². The second kappa shape index (κ2) is 7.81. The highest BCUT2D eigenvalue weighted by Crippen LogP contribution is 2.15. The van der Waals surface area contributed by atoms with Crippen LogP contribution < -0.4 is 10.1 Å². The number of aliphatic hydroxyl groups excluding tert-OH is 1. The Morgan fingerprint density at radius 2 is 1.81 bits per heavy atom. The molecule has 2 rings (SSSR count). The number of hydrogen-bond acceptors (Lipinski definition) is 3. The minimum Gasteiger partial charge on any atom is -0.489 e. The molecule has 0 heterocycles. The van der Waals surface area contributed by atoms with Gasteiger partial charge in [-0.05, 0) is 42.7 Å². The summed E-state index contributed by atoms with van der Waals surface area (Å²) in [5.41, 5.74) is 3.63. The summed E-state index contributed by atoms with van der Waals surface area (Å²) in [6.45, 7) is 5.81. The first-order valence-electron chi connectivity index (χ1n) is 7.30. The zero-order valence-electron chi connectivity index (χ0n) is 12.7. The van der Waals surface area contributed by atoms with Crippen LogP contribution in [0.5, 0.6) is 5.75 Å². The van der Waals surface area contributed by atoms with Gasteiger partial charge in [0.25, 0.3) is 0 Å². The van der Waals surface area contributed by atoms with Gasteiger partial charge in [-0.25, -0.2) is 0 Å². The third-order valence-corrected chi connectivity index (χ3v) is 3.35. The molecule has 112 valence electrons. The molecule has 3 nitrogen and oxygen atoms in total. The Hall–Kier alpha value is -1.84. The summed E-state index contributed by atoms with van der Waals surface area (Å²) in [6.07, 6.45) is -0.318. The van der Waals surface area contributed by atoms with Crippen molar-refractivity contribution in [2.75, 3.05) is 6.54 Å². The van der Waals surface area contributed by atoms with E-state index in [9.17, 15) is 5.11 Å². The second-order valence-corrected chi connectivity index (χ2v) is 5.34. The summed E-state index contributed by atoms with van der Waals surface area (Å²) in [5, 5.41) is 12.4. The number of rotatable bonds is 7. The summed E-state index contributed by atoms with van der Waals surface area (Å²) in [5.74, 6) is 0.873. The van der Waals surface area contributed by atoms with Crippen molar-refractivity contribution in [2.24, 2.45) is 0 Å². The van der Waals surface area contributed by atoms with Crippen LogP contribution in [0.1, 0.15) is 23.6 Å². The Labute approximate surface area is 126 Å². The number of hydrogen-bond donors (Lipinski definition) is 2. The van der Waals surface area contributed by atoms with Crippen molar-refractivity contribution >= 4 is 0 Å². The number of ether oxygens (including phenoxy) is 1. The van der Waals surface area contributed by atoms with E-state index in [1.54, 1.807) is 6.92 Å². The van der Waals surface area contributed by atoms with Crippen molar-refractivity contribution in [2.45, 2.75) is 33.1 Å². The lowest BCUT2D eigenvalue weighted by molar-refractivity contribution is 0.191. The van der Waals surface area contributed by atoms with Crippen LogP contribution in [0.4, 0.5) is 0 Å². The molecule has 2 aromatic carbocycles. The molecular weight excluding hydrogens is 262 g/mol. The maximum absolute atomic E-state index is 9.19. The fourth-order valence-corrected chi connectivity index (χ4v) is 2.06. The standard InChI is InChI=1S/C18H23NO2/c1-14-5-3-4-6-17(14)13-21-18-9-7-16(8-10-18)12-19-11-15(2)20/h3-10,15,19-20H,11-13H2,1-2H3/t15-/m0/s1. The Morgan fingerprint density at radius 3 is 2.48 bits per heavy atom. The summed E-state index contributed by atoms with van der Waals surface area (Å²) < 4.78 is 5.81. The molecule has 0 saturated carbocycles. The van der Waals surface area contributed by atoms with Crippen LogP contribution in [0.15, 0.2) is 48.5 Å². The van der Waals surface area contributed by atoms with Gasteiger partial charge in [-0.1, -0.05) is 36.4 Å². The number of aliphatic hydroxyl groups is 1. The summed E-state index contributed by atoms with van der Waals surface area (Å²) in [6, 6.07) is 16.3. The Kier molecular flexibility index (Phi) is 5.78. The van der Waals surface area contributed by atoms with Gasteiger partial charge >= 0.3 is 0 Å². The van der Waals surface area contributed by atoms with Gasteiger partial charge in [0, 0.05) is 13.1 Å². The van der Waals surface area contributed by atoms with E-state index in [4.69, 9.17) is 4.74 Å². The molecule has 0 bridgehead atoms. The number of benzene rings is 2. The van der Waals surface area contributed by atoms with Gasteiger partial charge in [0.15, 0.2) is 0 Å². The third-order valence-electron chi connectivity index (χ3n) is 3.35. The van der Waals surface area contributed by atoms with Crippen molar-refractivity contribution in [3.8, 4) is 5.75 Å². The van der Waals surface area contributed by atoms with Gasteiger partial charge in [-0.3, -0.25) is 0 Å². The van der Waals surface area contributed by atoms with Crippen molar-refractivity contribution in [3.63, 3.8) is 0 Å². The lowest BCUT2D eigenvalue weighted by Gasteiger charge is -2.10. The Bertz CT molecular complexity index is 549. The molecule has 0 unspecified atom stereocenters. The Balaban J connectivity index is 1.84. The first-order valence-corrected chi connectivity index (χ1v) is 7.30. The van der Waals surface area contributed by atoms with Crippen LogP contribution in [0.2, 0.25) is 0 Å². The maximum Gasteiger partial charge on any atom is 0.119 e. The molecule has 1 atom stereocenters. The van der Waals surface area contributed by atoms with E-state index in [2.05, 4.69) is 24.4 Å². The van der Waals surface area contributed by atoms with E-state index in [0.717, 1.165) is 12.3 Å². The van der Waals surface area contributed by atoms with Crippen LogP contribution in [-0.4, -0.2) is 17.8 Å². The zero-order valence-corrected chi connectivity index (χ0v) is 12.7. The number of nitrogens with one attached hydrogen (secondary N) is 1. The van der Waals surface area contributed by atoms with E-state index in [1.165, 1.54) is 16.7 Å². The molecule has 0 aliphatic carbocycles. The molecule has 0 spiro atoms. The van der Waals surface area contributed by atoms with Crippen LogP contribution in [0, 0.1) is 6.92 Å². The first kappa shape index (κ1) is 15.5. The van der Waals surface area contributed by atoms with Crippen LogP contribution in [0.3, 0.4) is 0 Å². The average Bonchev–Trinajstić information content (AvgIpc) is 2.47. The molecule has 0 aliphatic heterocycles. The fraction of sp³-hybridized carbons (Fsp3) is 0.333. The molecule has 21 heavy (non-hydrogen) atoms. The lowest BCUT2D eigenvalue weighted by atomic mass is 10.1. The molecule has 0 fully saturated rings. The molecule has 0 aliphatic rings. The minimum atomic E-state index is -0.318. The highest BCUT2D eigenvalue weighted by molar-refractivity contribution is 5.29. The van der Waals surface area contributed by atoms with E-state index in [1.807, 2.05) is 36.4 Å². The normalized spacial score (nSPS) is 12.1. The van der Waals surface area contributed by atoms with E-state index >= 15 is 0 Å². The molecule has 0 amide bonds. The molecule has 2 N–H and O–H groups in total. The highest BCUT2D eigenvalue weighted by Gasteiger charge is 2.00. The molecule has 2 aromatic rings. The molecule has 0 aromatic heterocycles. The van der Waals surface area contributed by atoms with Gasteiger partial charge < -0.3 is 15.2 Å². The van der Waals surface area contributed by atoms with Gasteiger partial charge in [0.1, 0.15) is 12.4 Å². The fourth-order valence-electron chi connectivity index (χ4n) is 2.06. The van der Waals surface area contributed by atoms with Crippen LogP contribution in [0.25, 0.3) is 0 Å². The quantitative estimate of drug-likeness (QED) is 0.821. The van der Waals surface area contributed by atoms with Crippen molar-refractivity contribution in [1.29, 1.82) is 0 Å². The monoisotopic (exact) mass is 285 g/mol. The van der Waals surface area contributed by atoms with Crippen molar-refractivity contribution in [3.05, 3.63) is 65.2 Å². The van der Waals surface area contributed by atoms with Crippen LogP contribution in [-0.2, 0) is 13.2 Å². The largest absolute Gasteiger partial charge is 0.489 e. The maximum atomic E-state index is 9.19. The highest BCUT2D eigenvalue weighted by atomic mass is 16.5. The topological polar surface area (TPSA) is 41.5 Å². The minimum absolute atomic E-state index is 0.318. The SMILES string of the molecule is Cc1ccccc1COc1ccc(CNC[C@H](C)O)cc1. The van der Waals surface area contributed by atoms with Gasteiger partial charge in [0.2, 0.25) is 0 Å². The van der Waals surface area contributed by atoms with Crippen molar-refractivity contribution in [1.82, 2.24) is 5.32 Å². The average molecular weight is 285 g/mol. The molecular formula is C18H23NO2. The molecule has 0 saturated heterocycles. The predicted octanol–water partition coefficient (Wildman–Crippen LogP) is 3.04. The summed E-state index contributed by atoms with van der Waals surface area (Å²) in [4.78, 5) is 0. The zero-order chi connectivity index (χ0) is 15.1. The lowest BCUT2D eigenvalue weighted by Crippen LogP contribution is -2.23. The van der Waals surface area contributed by atoms with Crippen molar-refractivity contribution < 1.29 is 9.84 Å². The first-order chi connectivity index (χ1) is 10.1. The van der Waals surface area contributed by atoms with E-state index in [0.29, 0.717) is 13.2 Å². The van der Waals surface area contributed by atoms with Gasteiger partial charge in [-0.2, -0.15) is 0 Å². The third kappa shape index (κ3) is 5.21. The summed E-state index contributed by atoms with van der Waals surface area (Å²) in [7, 11) is 0. The van der Waals surface area contributed by atoms with Gasteiger partial charge in [-0.15, -0.1) is 0 Å². The second-order valence-electron chi connectivity index (χ2n) is 5.34. The number of aryl methyl sites for hydroxylation is 1. The Morgan fingerprint density at radius 1 is 1.10 bits per heavy atom. The molecule has 3 heteroatoms. The summed E-state index contributed by atoms with van der Waals surface area (Å²) >= 11 is 0.